The predicted octanol–water partition coefficient (Wildman–Crippen LogP) is 3.32. The number of carbonyl (C=O) groups is 1. The van der Waals surface area contributed by atoms with E-state index in [1.165, 1.54) is 21.6 Å². The van der Waals surface area contributed by atoms with Crippen LogP contribution in [-0.2, 0) is 4.79 Å². The first-order chi connectivity index (χ1) is 10.3. The average Bonchev–Trinajstić information content (AvgIpc) is 2.41. The van der Waals surface area contributed by atoms with Gasteiger partial charge in [-0.2, -0.15) is 11.8 Å². The molecule has 1 amide bonds. The third kappa shape index (κ3) is 3.62. The summed E-state index contributed by atoms with van der Waals surface area (Å²) in [5, 5.41) is 9.10. The van der Waals surface area contributed by atoms with Crippen LogP contribution in [0, 0.1) is 20.8 Å². The first kappa shape index (κ1) is 17.7. The second-order valence-electron chi connectivity index (χ2n) is 6.29. The molecular weight excluding hydrogens is 316 g/mol. The lowest BCUT2D eigenvalue weighted by atomic mass is 10.0. The zero-order chi connectivity index (χ0) is 16.5. The highest BCUT2D eigenvalue weighted by Crippen LogP contribution is 2.41. The number of hydroxylamine groups is 1. The van der Waals surface area contributed by atoms with Gasteiger partial charge in [-0.1, -0.05) is 17.7 Å². The zero-order valence-corrected chi connectivity index (χ0v) is 15.4. The van der Waals surface area contributed by atoms with E-state index in [1.54, 1.807) is 23.7 Å². The van der Waals surface area contributed by atoms with Crippen LogP contribution in [0.4, 0.5) is 0 Å². The first-order valence-corrected chi connectivity index (χ1v) is 9.12. The van der Waals surface area contributed by atoms with E-state index in [0.29, 0.717) is 0 Å². The Morgan fingerprint density at radius 3 is 2.50 bits per heavy atom. The monoisotopic (exact) mass is 340 g/mol. The largest absolute Gasteiger partial charge is 0.289 e. The zero-order valence-electron chi connectivity index (χ0n) is 13.8. The first-order valence-electron chi connectivity index (χ1n) is 7.36. The van der Waals surface area contributed by atoms with Crippen LogP contribution >= 0.6 is 23.7 Å². The Kier molecular flexibility index (Phi) is 5.48. The number of rotatable bonds is 3. The number of amides is 1. The predicted molar refractivity (Wildman–Crippen MR) is 93.5 cm³/mol. The smallest absolute Gasteiger partial charge is 0.263 e. The lowest BCUT2D eigenvalue weighted by Gasteiger charge is -2.43. The number of benzene rings is 1. The highest BCUT2D eigenvalue weighted by Gasteiger charge is 2.43. The van der Waals surface area contributed by atoms with Gasteiger partial charge in [-0.25, -0.2) is 9.79 Å². The maximum absolute atomic E-state index is 12.2. The molecule has 1 aromatic carbocycles. The summed E-state index contributed by atoms with van der Waals surface area (Å²) in [6, 6.07) is 3.96. The van der Waals surface area contributed by atoms with Gasteiger partial charge in [-0.3, -0.25) is 10.0 Å². The highest BCUT2D eigenvalue weighted by atomic mass is 32.2. The Morgan fingerprint density at radius 2 is 1.95 bits per heavy atom. The van der Waals surface area contributed by atoms with E-state index in [1.807, 2.05) is 5.48 Å². The van der Waals surface area contributed by atoms with Crippen molar-refractivity contribution >= 4 is 29.6 Å². The van der Waals surface area contributed by atoms with Gasteiger partial charge < -0.3 is 0 Å². The van der Waals surface area contributed by atoms with Gasteiger partial charge in [0.25, 0.3) is 5.91 Å². The molecule has 1 atom stereocenters. The topological polar surface area (TPSA) is 52.6 Å². The molecule has 2 N–H and O–H groups in total. The van der Waals surface area contributed by atoms with Gasteiger partial charge >= 0.3 is 0 Å². The molecule has 0 saturated carbocycles. The molecule has 0 aromatic heterocycles. The van der Waals surface area contributed by atoms with Crippen molar-refractivity contribution < 1.29 is 10.0 Å². The lowest BCUT2D eigenvalue weighted by molar-refractivity contribution is -0.133. The standard InChI is InChI=1S/C16H24N2O2S2/c1-10-8-11(2)13(12(3)9-10)22-18-6-7-21-16(4,5)14(18)15(19)17-20/h8-9,14,20H,6-7H2,1-5H3,(H,17,19). The minimum absolute atomic E-state index is 0.245. The Balaban J connectivity index is 2.32. The molecule has 1 saturated heterocycles. The molecular formula is C16H24N2O2S2. The van der Waals surface area contributed by atoms with Gasteiger partial charge in [-0.15, -0.1) is 0 Å². The molecule has 4 nitrogen and oxygen atoms in total. The summed E-state index contributed by atoms with van der Waals surface area (Å²) < 4.78 is 1.86. The van der Waals surface area contributed by atoms with Crippen molar-refractivity contribution in [3.63, 3.8) is 0 Å². The van der Waals surface area contributed by atoms with Crippen LogP contribution in [0.1, 0.15) is 30.5 Å². The van der Waals surface area contributed by atoms with Crippen molar-refractivity contribution in [1.82, 2.24) is 9.79 Å². The fourth-order valence-electron chi connectivity index (χ4n) is 2.99. The molecule has 1 heterocycles. The van der Waals surface area contributed by atoms with E-state index < -0.39 is 0 Å². The van der Waals surface area contributed by atoms with Crippen LogP contribution in [-0.4, -0.2) is 38.5 Å². The van der Waals surface area contributed by atoms with Crippen molar-refractivity contribution in [2.75, 3.05) is 12.3 Å². The Morgan fingerprint density at radius 1 is 1.36 bits per heavy atom. The number of hydrogen-bond donors (Lipinski definition) is 2. The summed E-state index contributed by atoms with van der Waals surface area (Å²) in [6.07, 6.45) is 0. The summed E-state index contributed by atoms with van der Waals surface area (Å²) in [6.45, 7) is 11.2. The Labute approximate surface area is 141 Å². The van der Waals surface area contributed by atoms with Crippen molar-refractivity contribution in [2.45, 2.75) is 50.3 Å². The summed E-state index contributed by atoms with van der Waals surface area (Å²) in [5.41, 5.74) is 5.53. The number of hydrogen-bond acceptors (Lipinski definition) is 5. The Hall–Kier alpha value is -0.690. The van der Waals surface area contributed by atoms with Crippen LogP contribution < -0.4 is 5.48 Å². The van der Waals surface area contributed by atoms with Crippen LogP contribution in [0.5, 0.6) is 0 Å². The average molecular weight is 341 g/mol. The molecule has 2 rings (SSSR count). The molecule has 0 spiro atoms. The van der Waals surface area contributed by atoms with Crippen LogP contribution in [0.2, 0.25) is 0 Å². The SMILES string of the molecule is Cc1cc(C)c(SN2CCSC(C)(C)C2C(=O)NO)c(C)c1. The maximum Gasteiger partial charge on any atom is 0.263 e. The molecule has 122 valence electrons. The number of thioether (sulfide) groups is 1. The molecule has 1 fully saturated rings. The van der Waals surface area contributed by atoms with Gasteiger partial charge in [0.1, 0.15) is 6.04 Å². The summed E-state index contributed by atoms with van der Waals surface area (Å²) in [7, 11) is 0. The van der Waals surface area contributed by atoms with Gasteiger partial charge in [-0.05, 0) is 57.7 Å². The van der Waals surface area contributed by atoms with Crippen molar-refractivity contribution in [3.8, 4) is 0 Å². The van der Waals surface area contributed by atoms with Crippen LogP contribution in [0.25, 0.3) is 0 Å². The molecule has 0 bridgehead atoms. The third-order valence-electron chi connectivity index (χ3n) is 3.90. The number of nitrogens with zero attached hydrogens (tertiary/aromatic N) is 1. The van der Waals surface area contributed by atoms with Gasteiger partial charge in [0.15, 0.2) is 0 Å². The minimum Gasteiger partial charge on any atom is -0.289 e. The molecule has 0 aliphatic carbocycles. The summed E-state index contributed by atoms with van der Waals surface area (Å²) in [5.74, 6) is 0.631. The molecule has 1 aliphatic rings. The fourth-order valence-corrected chi connectivity index (χ4v) is 5.66. The van der Waals surface area contributed by atoms with E-state index in [-0.39, 0.29) is 16.7 Å². The van der Waals surface area contributed by atoms with Gasteiger partial charge in [0, 0.05) is 21.9 Å². The van der Waals surface area contributed by atoms with E-state index in [2.05, 4.69) is 51.1 Å². The minimum atomic E-state index is -0.374. The highest BCUT2D eigenvalue weighted by molar-refractivity contribution is 8.01. The van der Waals surface area contributed by atoms with Crippen LogP contribution in [0.15, 0.2) is 17.0 Å². The van der Waals surface area contributed by atoms with Gasteiger partial charge in [0.2, 0.25) is 0 Å². The van der Waals surface area contributed by atoms with E-state index in [4.69, 9.17) is 5.21 Å². The molecule has 1 aromatic rings. The van der Waals surface area contributed by atoms with Crippen molar-refractivity contribution in [2.24, 2.45) is 0 Å². The van der Waals surface area contributed by atoms with E-state index >= 15 is 0 Å². The molecule has 22 heavy (non-hydrogen) atoms. The van der Waals surface area contributed by atoms with E-state index in [9.17, 15) is 4.79 Å². The fraction of sp³-hybridized carbons (Fsp3) is 0.562. The lowest BCUT2D eigenvalue weighted by Crippen LogP contribution is -2.57. The summed E-state index contributed by atoms with van der Waals surface area (Å²) in [4.78, 5) is 13.4. The number of aryl methyl sites for hydroxylation is 3. The number of carbonyl (C=O) groups excluding carboxylic acids is 1. The normalized spacial score (nSPS) is 21.6. The third-order valence-corrected chi connectivity index (χ3v) is 6.71. The molecule has 6 heteroatoms. The van der Waals surface area contributed by atoms with Crippen molar-refractivity contribution in [3.05, 3.63) is 28.8 Å². The quantitative estimate of drug-likeness (QED) is 0.502. The number of nitrogens with one attached hydrogen (secondary N) is 1. The molecule has 0 radical (unpaired) electrons. The second kappa shape index (κ2) is 6.83. The van der Waals surface area contributed by atoms with Crippen LogP contribution in [0.3, 0.4) is 0 Å². The van der Waals surface area contributed by atoms with Gasteiger partial charge in [0.05, 0.1) is 0 Å². The second-order valence-corrected chi connectivity index (χ2v) is 9.10. The Bertz CT molecular complexity index is 552. The van der Waals surface area contributed by atoms with E-state index in [0.717, 1.165) is 12.3 Å². The van der Waals surface area contributed by atoms with Crippen molar-refractivity contribution in [1.29, 1.82) is 0 Å². The maximum atomic E-state index is 12.2. The molecule has 1 aliphatic heterocycles. The molecule has 1 unspecified atom stereocenters. The summed E-state index contributed by atoms with van der Waals surface area (Å²) >= 11 is 3.40.